The van der Waals surface area contributed by atoms with E-state index in [2.05, 4.69) is 10.3 Å². The molecule has 1 aliphatic heterocycles. The Bertz CT molecular complexity index is 658. The Labute approximate surface area is 125 Å². The predicted octanol–water partition coefficient (Wildman–Crippen LogP) is 0.998. The summed E-state index contributed by atoms with van der Waals surface area (Å²) >= 11 is 0.552. The number of carbonyl (C=O) groups excluding carboxylic acids is 2. The molecule has 1 saturated heterocycles. The van der Waals surface area contributed by atoms with Crippen LogP contribution in [0.25, 0.3) is 0 Å². The second kappa shape index (κ2) is 6.06. The minimum atomic E-state index is -4.81. The fourth-order valence-corrected chi connectivity index (χ4v) is 3.43. The lowest BCUT2D eigenvalue weighted by Gasteiger charge is -2.14. The van der Waals surface area contributed by atoms with Crippen molar-refractivity contribution in [2.45, 2.75) is 24.0 Å². The number of thiazole rings is 1. The molecule has 0 aromatic carbocycles. The molecule has 0 radical (unpaired) electrons. The average molecular weight is 335 g/mol. The van der Waals surface area contributed by atoms with Crippen LogP contribution in [-0.4, -0.2) is 43.2 Å². The highest BCUT2D eigenvalue weighted by Gasteiger charge is 2.31. The van der Waals surface area contributed by atoms with E-state index in [0.29, 0.717) is 37.3 Å². The van der Waals surface area contributed by atoms with Crippen LogP contribution >= 0.6 is 11.3 Å². The first-order valence-electron chi connectivity index (χ1n) is 6.30. The molecule has 116 valence electrons. The van der Waals surface area contributed by atoms with Crippen LogP contribution in [0.2, 0.25) is 0 Å². The van der Waals surface area contributed by atoms with Crippen LogP contribution in [0.15, 0.2) is 10.4 Å². The number of nitrogens with zero attached hydrogens (tertiary/aromatic N) is 2. The van der Waals surface area contributed by atoms with E-state index in [-0.39, 0.29) is 22.9 Å². The van der Waals surface area contributed by atoms with Gasteiger partial charge in [-0.25, -0.2) is 4.98 Å². The van der Waals surface area contributed by atoms with Gasteiger partial charge in [-0.05, 0) is 6.42 Å². The molecule has 0 saturated carbocycles. The Morgan fingerprint density at radius 3 is 2.86 bits per heavy atom. The van der Waals surface area contributed by atoms with Gasteiger partial charge in [-0.1, -0.05) is 22.1 Å². The Morgan fingerprint density at radius 2 is 2.29 bits per heavy atom. The Balaban J connectivity index is 1.97. The van der Waals surface area contributed by atoms with Crippen LogP contribution < -0.4 is 5.32 Å². The fourth-order valence-electron chi connectivity index (χ4n) is 2.06. The molecule has 1 fully saturated rings. The van der Waals surface area contributed by atoms with Crippen LogP contribution in [-0.2, 0) is 19.8 Å². The van der Waals surface area contributed by atoms with Crippen molar-refractivity contribution < 1.29 is 21.9 Å². The van der Waals surface area contributed by atoms with Gasteiger partial charge in [-0.15, -0.1) is 0 Å². The van der Waals surface area contributed by atoms with Crippen molar-refractivity contribution in [1.29, 1.82) is 0 Å². The van der Waals surface area contributed by atoms with Crippen molar-refractivity contribution in [1.82, 2.24) is 9.88 Å². The molecule has 0 aliphatic carbocycles. The number of hydrogen-bond acceptors (Lipinski definition) is 6. The van der Waals surface area contributed by atoms with Crippen molar-refractivity contribution in [2.75, 3.05) is 18.4 Å². The summed E-state index contributed by atoms with van der Waals surface area (Å²) in [6, 6.07) is 0. The number of carbonyl (C=O) groups is 2. The topological polar surface area (TPSA) is 96.4 Å². The maximum absolute atomic E-state index is 12.7. The Kier molecular flexibility index (Phi) is 4.57. The van der Waals surface area contributed by atoms with Gasteiger partial charge in [-0.3, -0.25) is 9.59 Å². The number of nitrogens with one attached hydrogen (secondary N) is 1. The maximum Gasteiger partial charge on any atom is 0.343 e. The quantitative estimate of drug-likeness (QED) is 0.828. The summed E-state index contributed by atoms with van der Waals surface area (Å²) in [6.07, 6.45) is 1.78. The van der Waals surface area contributed by atoms with Gasteiger partial charge < -0.3 is 10.2 Å². The van der Waals surface area contributed by atoms with E-state index >= 15 is 0 Å². The lowest BCUT2D eigenvalue weighted by atomic mass is 10.1. The van der Waals surface area contributed by atoms with Gasteiger partial charge in [0.1, 0.15) is 0 Å². The number of anilines is 1. The number of hydrogen-bond donors (Lipinski definition) is 1. The number of likely N-dealkylation sites (tertiary alicyclic amines) is 1. The third-order valence-electron chi connectivity index (χ3n) is 3.17. The molecule has 2 heterocycles. The molecule has 0 spiro atoms. The Hall–Kier alpha value is -1.55. The molecule has 7 nitrogen and oxygen atoms in total. The van der Waals surface area contributed by atoms with E-state index < -0.39 is 14.4 Å². The number of amides is 2. The largest absolute Gasteiger partial charge is 0.343 e. The lowest BCUT2D eigenvalue weighted by molar-refractivity contribution is -0.130. The minimum absolute atomic E-state index is 0.00893. The third kappa shape index (κ3) is 3.76. The van der Waals surface area contributed by atoms with Gasteiger partial charge in [-0.2, -0.15) is 8.42 Å². The highest BCUT2D eigenvalue weighted by molar-refractivity contribution is 7.88. The second-order valence-corrected chi connectivity index (χ2v) is 7.20. The van der Waals surface area contributed by atoms with Crippen LogP contribution in [0, 0.1) is 5.92 Å². The highest BCUT2D eigenvalue weighted by atomic mass is 32.3. The van der Waals surface area contributed by atoms with Crippen molar-refractivity contribution in [3.05, 3.63) is 6.20 Å². The molecule has 2 rings (SSSR count). The van der Waals surface area contributed by atoms with Crippen molar-refractivity contribution in [2.24, 2.45) is 5.92 Å². The third-order valence-corrected chi connectivity index (χ3v) is 5.31. The SMILES string of the molecule is CCC(=O)N1CCC(C(=O)Nc2ncc(S(=O)(=O)F)s2)C1. The lowest BCUT2D eigenvalue weighted by Crippen LogP contribution is -2.30. The monoisotopic (exact) mass is 335 g/mol. The summed E-state index contributed by atoms with van der Waals surface area (Å²) in [6.45, 7) is 2.61. The number of halogens is 1. The summed E-state index contributed by atoms with van der Waals surface area (Å²) in [5.41, 5.74) is 0. The molecule has 0 bridgehead atoms. The molecule has 1 aromatic heterocycles. The summed E-state index contributed by atoms with van der Waals surface area (Å²) in [7, 11) is -4.81. The molecule has 1 N–H and O–H groups in total. The summed E-state index contributed by atoms with van der Waals surface area (Å²) in [5.74, 6) is -0.723. The number of rotatable bonds is 4. The van der Waals surface area contributed by atoms with E-state index in [0.717, 1.165) is 6.20 Å². The molecular weight excluding hydrogens is 321 g/mol. The zero-order valence-corrected chi connectivity index (χ0v) is 12.8. The normalized spacial score (nSPS) is 18.8. The van der Waals surface area contributed by atoms with E-state index in [1.807, 2.05) is 0 Å². The summed E-state index contributed by atoms with van der Waals surface area (Å²) in [5, 5.41) is 2.48. The molecule has 1 aliphatic rings. The van der Waals surface area contributed by atoms with Gasteiger partial charge in [0.05, 0.1) is 12.1 Å². The van der Waals surface area contributed by atoms with E-state index in [4.69, 9.17) is 0 Å². The van der Waals surface area contributed by atoms with Gasteiger partial charge in [0.2, 0.25) is 11.8 Å². The second-order valence-electron chi connectivity index (χ2n) is 4.59. The van der Waals surface area contributed by atoms with Crippen LogP contribution in [0.5, 0.6) is 0 Å². The van der Waals surface area contributed by atoms with Gasteiger partial charge in [0.15, 0.2) is 9.34 Å². The first-order chi connectivity index (χ1) is 9.81. The predicted molar refractivity (Wildman–Crippen MR) is 74.0 cm³/mol. The first-order valence-corrected chi connectivity index (χ1v) is 8.50. The molecular formula is C11H14FN3O4S2. The zero-order chi connectivity index (χ0) is 15.6. The molecule has 1 unspecified atom stereocenters. The fraction of sp³-hybridized carbons (Fsp3) is 0.545. The molecule has 1 aromatic rings. The van der Waals surface area contributed by atoms with Crippen molar-refractivity contribution in [3.8, 4) is 0 Å². The summed E-state index contributed by atoms with van der Waals surface area (Å²) in [4.78, 5) is 28.8. The van der Waals surface area contributed by atoms with E-state index in [1.54, 1.807) is 11.8 Å². The Morgan fingerprint density at radius 1 is 1.57 bits per heavy atom. The standard InChI is InChI=1S/C11H14FN3O4S2/c1-2-8(16)15-4-3-7(6-15)10(17)14-11-13-5-9(20-11)21(12,18)19/h5,7H,2-4,6H2,1H3,(H,13,14,17). The molecule has 2 amide bonds. The smallest absolute Gasteiger partial charge is 0.342 e. The maximum atomic E-state index is 12.7. The average Bonchev–Trinajstić information content (AvgIpc) is 3.05. The van der Waals surface area contributed by atoms with Gasteiger partial charge in [0.25, 0.3) is 0 Å². The minimum Gasteiger partial charge on any atom is -0.342 e. The molecule has 21 heavy (non-hydrogen) atoms. The first kappa shape index (κ1) is 15.8. The zero-order valence-electron chi connectivity index (χ0n) is 11.2. The highest BCUT2D eigenvalue weighted by Crippen LogP contribution is 2.26. The van der Waals surface area contributed by atoms with E-state index in [1.165, 1.54) is 0 Å². The van der Waals surface area contributed by atoms with Crippen LogP contribution in [0.3, 0.4) is 0 Å². The van der Waals surface area contributed by atoms with E-state index in [9.17, 15) is 21.9 Å². The molecule has 1 atom stereocenters. The number of aromatic nitrogens is 1. The van der Waals surface area contributed by atoms with Gasteiger partial charge in [0, 0.05) is 19.5 Å². The molecule has 10 heteroatoms. The van der Waals surface area contributed by atoms with Crippen molar-refractivity contribution >= 4 is 38.5 Å². The van der Waals surface area contributed by atoms with Crippen molar-refractivity contribution in [3.63, 3.8) is 0 Å². The van der Waals surface area contributed by atoms with Crippen LogP contribution in [0.1, 0.15) is 19.8 Å². The summed E-state index contributed by atoms with van der Waals surface area (Å²) < 4.78 is 33.6. The van der Waals surface area contributed by atoms with Crippen LogP contribution in [0.4, 0.5) is 9.02 Å². The van der Waals surface area contributed by atoms with Gasteiger partial charge >= 0.3 is 10.2 Å².